The quantitative estimate of drug-likeness (QED) is 0.781. The van der Waals surface area contributed by atoms with Crippen LogP contribution in [0.15, 0.2) is 18.2 Å². The molecule has 0 bridgehead atoms. The molecule has 1 rings (SSSR count). The minimum absolute atomic E-state index is 0.156. The predicted octanol–water partition coefficient (Wildman–Crippen LogP) is 1.96. The van der Waals surface area contributed by atoms with Crippen LogP contribution in [0.2, 0.25) is 0 Å². The van der Waals surface area contributed by atoms with Gasteiger partial charge in [-0.05, 0) is 19.1 Å². The molecule has 78 valence electrons. The minimum atomic E-state index is -2.10. The molecule has 0 fully saturated rings. The molecule has 0 amide bonds. The van der Waals surface area contributed by atoms with E-state index in [0.29, 0.717) is 0 Å². The molecule has 0 radical (unpaired) electrons. The Bertz CT molecular complexity index is 343. The summed E-state index contributed by atoms with van der Waals surface area (Å²) in [6, 6.07) is 3.35. The second kappa shape index (κ2) is 5.02. The summed E-state index contributed by atoms with van der Waals surface area (Å²) in [6.45, 7) is 1.76. The highest BCUT2D eigenvalue weighted by Gasteiger charge is 2.11. The van der Waals surface area contributed by atoms with Crippen molar-refractivity contribution in [3.05, 3.63) is 29.8 Å². The molecule has 1 aromatic carbocycles. The first kappa shape index (κ1) is 11.1. The summed E-state index contributed by atoms with van der Waals surface area (Å²) >= 11 is -2.10. The van der Waals surface area contributed by atoms with Crippen molar-refractivity contribution in [2.24, 2.45) is 0 Å². The molecule has 14 heavy (non-hydrogen) atoms. The van der Waals surface area contributed by atoms with E-state index in [1.165, 1.54) is 6.07 Å². The van der Waals surface area contributed by atoms with Crippen molar-refractivity contribution in [1.29, 1.82) is 0 Å². The summed E-state index contributed by atoms with van der Waals surface area (Å²) < 4.78 is 45.4. The van der Waals surface area contributed by atoms with E-state index in [9.17, 15) is 13.0 Å². The van der Waals surface area contributed by atoms with E-state index in [0.717, 1.165) is 12.1 Å². The molecule has 1 unspecified atom stereocenters. The van der Waals surface area contributed by atoms with Gasteiger partial charge in [0.1, 0.15) is 0 Å². The zero-order valence-corrected chi connectivity index (χ0v) is 8.14. The summed E-state index contributed by atoms with van der Waals surface area (Å²) in [6.07, 6.45) is 0. The Morgan fingerprint density at radius 2 is 2.14 bits per heavy atom. The van der Waals surface area contributed by atoms with Gasteiger partial charge in [-0.1, -0.05) is 6.07 Å². The SMILES string of the molecule is CCOS(=O)Oc1cccc(F)c1F. The van der Waals surface area contributed by atoms with Gasteiger partial charge in [-0.25, -0.2) is 4.39 Å². The van der Waals surface area contributed by atoms with Gasteiger partial charge in [0.25, 0.3) is 0 Å². The average molecular weight is 222 g/mol. The van der Waals surface area contributed by atoms with Gasteiger partial charge >= 0.3 is 11.4 Å². The highest BCUT2D eigenvalue weighted by Crippen LogP contribution is 2.19. The van der Waals surface area contributed by atoms with Crippen LogP contribution in [0.25, 0.3) is 0 Å². The van der Waals surface area contributed by atoms with Crippen LogP contribution in [0, 0.1) is 11.6 Å². The Morgan fingerprint density at radius 3 is 2.79 bits per heavy atom. The Labute approximate surface area is 82.5 Å². The highest BCUT2D eigenvalue weighted by molar-refractivity contribution is 7.75. The largest absolute Gasteiger partial charge is 0.377 e. The molecule has 0 N–H and O–H groups in total. The van der Waals surface area contributed by atoms with E-state index in [1.54, 1.807) is 6.92 Å². The van der Waals surface area contributed by atoms with Gasteiger partial charge in [0, 0.05) is 0 Å². The topological polar surface area (TPSA) is 35.5 Å². The van der Waals surface area contributed by atoms with Crippen molar-refractivity contribution in [2.45, 2.75) is 6.92 Å². The first-order valence-electron chi connectivity index (χ1n) is 3.82. The van der Waals surface area contributed by atoms with E-state index in [4.69, 9.17) is 0 Å². The second-order valence-electron chi connectivity index (χ2n) is 2.25. The van der Waals surface area contributed by atoms with Crippen LogP contribution in [0.4, 0.5) is 8.78 Å². The maximum Gasteiger partial charge on any atom is 0.360 e. The second-order valence-corrected chi connectivity index (χ2v) is 3.06. The number of rotatable bonds is 4. The van der Waals surface area contributed by atoms with E-state index in [1.807, 2.05) is 0 Å². The van der Waals surface area contributed by atoms with Crippen LogP contribution in [-0.2, 0) is 15.5 Å². The normalized spacial score (nSPS) is 12.5. The standard InChI is InChI=1S/C8H8F2O3S/c1-2-12-14(11)13-7-5-3-4-6(9)8(7)10/h3-5H,2H2,1H3. The Balaban J connectivity index is 2.76. The Kier molecular flexibility index (Phi) is 3.97. The van der Waals surface area contributed by atoms with Gasteiger partial charge < -0.3 is 4.18 Å². The van der Waals surface area contributed by atoms with Gasteiger partial charge in [0.05, 0.1) is 6.61 Å². The van der Waals surface area contributed by atoms with Crippen LogP contribution in [0.1, 0.15) is 6.92 Å². The lowest BCUT2D eigenvalue weighted by molar-refractivity contribution is 0.323. The molecule has 1 aromatic rings. The lowest BCUT2D eigenvalue weighted by Gasteiger charge is -2.04. The summed E-state index contributed by atoms with van der Waals surface area (Å²) in [4.78, 5) is 0. The molecule has 6 heteroatoms. The molecule has 1 atom stereocenters. The number of hydrogen-bond donors (Lipinski definition) is 0. The molecule has 0 heterocycles. The van der Waals surface area contributed by atoms with Gasteiger partial charge in [0.2, 0.25) is 5.82 Å². The van der Waals surface area contributed by atoms with Crippen molar-refractivity contribution < 1.29 is 21.4 Å². The smallest absolute Gasteiger partial charge is 0.360 e. The van der Waals surface area contributed by atoms with Gasteiger partial charge in [0.15, 0.2) is 11.6 Å². The lowest BCUT2D eigenvalue weighted by atomic mass is 10.3. The molecule has 0 saturated carbocycles. The lowest BCUT2D eigenvalue weighted by Crippen LogP contribution is -2.06. The van der Waals surface area contributed by atoms with E-state index < -0.39 is 28.7 Å². The molecule has 3 nitrogen and oxygen atoms in total. The fourth-order valence-electron chi connectivity index (χ4n) is 0.742. The number of halogens is 2. The first-order chi connectivity index (χ1) is 6.65. The maximum atomic E-state index is 12.9. The van der Waals surface area contributed by atoms with Crippen molar-refractivity contribution in [2.75, 3.05) is 6.61 Å². The van der Waals surface area contributed by atoms with Gasteiger partial charge in [-0.2, -0.15) is 8.60 Å². The summed E-state index contributed by atoms with van der Waals surface area (Å²) in [5, 5.41) is 0. The maximum absolute atomic E-state index is 12.9. The average Bonchev–Trinajstić information content (AvgIpc) is 2.13. The predicted molar refractivity (Wildman–Crippen MR) is 46.8 cm³/mol. The third kappa shape index (κ3) is 2.74. The van der Waals surface area contributed by atoms with Crippen LogP contribution in [-0.4, -0.2) is 10.8 Å². The van der Waals surface area contributed by atoms with E-state index in [2.05, 4.69) is 8.37 Å². The van der Waals surface area contributed by atoms with Crippen LogP contribution in [0.5, 0.6) is 5.75 Å². The summed E-state index contributed by atoms with van der Waals surface area (Å²) in [5.74, 6) is -2.67. The first-order valence-corrected chi connectivity index (χ1v) is 4.82. The summed E-state index contributed by atoms with van der Waals surface area (Å²) in [5.41, 5.74) is 0. The fourth-order valence-corrected chi connectivity index (χ4v) is 1.26. The van der Waals surface area contributed by atoms with Crippen molar-refractivity contribution >= 4 is 11.4 Å². The van der Waals surface area contributed by atoms with E-state index >= 15 is 0 Å². The molecule has 0 aliphatic heterocycles. The molecular formula is C8H8F2O3S. The third-order valence-corrected chi connectivity index (χ3v) is 2.03. The van der Waals surface area contributed by atoms with Crippen LogP contribution < -0.4 is 4.18 Å². The third-order valence-electron chi connectivity index (χ3n) is 1.29. The van der Waals surface area contributed by atoms with Crippen molar-refractivity contribution in [1.82, 2.24) is 0 Å². The van der Waals surface area contributed by atoms with Crippen LogP contribution >= 0.6 is 0 Å². The minimum Gasteiger partial charge on any atom is -0.377 e. The molecule has 0 saturated heterocycles. The van der Waals surface area contributed by atoms with Crippen LogP contribution in [0.3, 0.4) is 0 Å². The van der Waals surface area contributed by atoms with Crippen molar-refractivity contribution in [3.63, 3.8) is 0 Å². The van der Waals surface area contributed by atoms with E-state index in [-0.39, 0.29) is 6.61 Å². The Hall–Kier alpha value is -1.01. The molecular weight excluding hydrogens is 214 g/mol. The van der Waals surface area contributed by atoms with Gasteiger partial charge in [-0.15, -0.1) is 0 Å². The molecule has 0 aliphatic carbocycles. The highest BCUT2D eigenvalue weighted by atomic mass is 32.2. The fraction of sp³-hybridized carbons (Fsp3) is 0.250. The molecule has 0 aliphatic rings. The number of hydrogen-bond acceptors (Lipinski definition) is 3. The molecule has 0 aromatic heterocycles. The van der Waals surface area contributed by atoms with Gasteiger partial charge in [-0.3, -0.25) is 4.18 Å². The van der Waals surface area contributed by atoms with Crippen molar-refractivity contribution in [3.8, 4) is 5.75 Å². The summed E-state index contributed by atoms with van der Waals surface area (Å²) in [7, 11) is 0. The zero-order valence-electron chi connectivity index (χ0n) is 7.33. The number of benzene rings is 1. The monoisotopic (exact) mass is 222 g/mol. The zero-order chi connectivity index (χ0) is 10.6. The Morgan fingerprint density at radius 1 is 1.43 bits per heavy atom. The molecule has 0 spiro atoms.